The number of ether oxygens (including phenoxy) is 1. The third-order valence-corrected chi connectivity index (χ3v) is 2.12. The lowest BCUT2D eigenvalue weighted by Crippen LogP contribution is -2.05. The second-order valence-corrected chi connectivity index (χ2v) is 3.48. The number of hydrogen-bond acceptors (Lipinski definition) is 3. The lowest BCUT2D eigenvalue weighted by atomic mass is 10.2. The van der Waals surface area contributed by atoms with Gasteiger partial charge in [-0.1, -0.05) is 0 Å². The van der Waals surface area contributed by atoms with Crippen LogP contribution >= 0.6 is 0 Å². The van der Waals surface area contributed by atoms with Crippen LogP contribution in [-0.2, 0) is 6.18 Å². The molecule has 2 rings (SSSR count). The van der Waals surface area contributed by atoms with Crippen LogP contribution in [0.5, 0.6) is 17.4 Å². The van der Waals surface area contributed by atoms with E-state index in [2.05, 4.69) is 4.98 Å². The van der Waals surface area contributed by atoms with Crippen molar-refractivity contribution in [2.24, 2.45) is 0 Å². The van der Waals surface area contributed by atoms with Crippen molar-refractivity contribution in [3.8, 4) is 17.4 Å². The number of nitrogens with zero attached hydrogens (tertiary/aromatic N) is 1. The van der Waals surface area contributed by atoms with E-state index >= 15 is 0 Å². The van der Waals surface area contributed by atoms with Gasteiger partial charge in [0.05, 0.1) is 5.56 Å². The smallest absolute Gasteiger partial charge is 0.416 e. The molecule has 2 aromatic rings. The van der Waals surface area contributed by atoms with Crippen LogP contribution in [0.25, 0.3) is 0 Å². The van der Waals surface area contributed by atoms with Crippen LogP contribution in [0, 0.1) is 0 Å². The molecule has 1 heterocycles. The monoisotopic (exact) mass is 255 g/mol. The molecule has 94 valence electrons. The molecule has 0 saturated carbocycles. The van der Waals surface area contributed by atoms with E-state index in [0.29, 0.717) is 5.75 Å². The quantitative estimate of drug-likeness (QED) is 0.891. The Bertz CT molecular complexity index is 538. The summed E-state index contributed by atoms with van der Waals surface area (Å²) in [7, 11) is 0. The van der Waals surface area contributed by atoms with Crippen LogP contribution in [0.4, 0.5) is 13.2 Å². The zero-order valence-electron chi connectivity index (χ0n) is 8.98. The van der Waals surface area contributed by atoms with Gasteiger partial charge in [0.1, 0.15) is 11.5 Å². The molecule has 0 fully saturated rings. The SMILES string of the molecule is Oc1ccc(Oc2cc(C(F)(F)F)ccn2)cc1. The zero-order chi connectivity index (χ0) is 13.2. The number of benzene rings is 1. The Morgan fingerprint density at radius 1 is 1.06 bits per heavy atom. The predicted octanol–water partition coefficient (Wildman–Crippen LogP) is 3.60. The van der Waals surface area contributed by atoms with Crippen LogP contribution in [0.1, 0.15) is 5.56 Å². The molecule has 6 heteroatoms. The van der Waals surface area contributed by atoms with E-state index in [9.17, 15) is 13.2 Å². The lowest BCUT2D eigenvalue weighted by molar-refractivity contribution is -0.137. The molecule has 0 amide bonds. The Morgan fingerprint density at radius 3 is 2.33 bits per heavy atom. The average Bonchev–Trinajstić information content (AvgIpc) is 2.31. The first kappa shape index (κ1) is 12.2. The van der Waals surface area contributed by atoms with Crippen molar-refractivity contribution in [2.45, 2.75) is 6.18 Å². The number of pyridine rings is 1. The normalized spacial score (nSPS) is 11.3. The van der Waals surface area contributed by atoms with Crippen molar-refractivity contribution >= 4 is 0 Å². The van der Waals surface area contributed by atoms with E-state index in [1.54, 1.807) is 0 Å². The second-order valence-electron chi connectivity index (χ2n) is 3.48. The van der Waals surface area contributed by atoms with E-state index in [0.717, 1.165) is 18.3 Å². The van der Waals surface area contributed by atoms with Gasteiger partial charge in [-0.3, -0.25) is 0 Å². The highest BCUT2D eigenvalue weighted by Gasteiger charge is 2.30. The third-order valence-electron chi connectivity index (χ3n) is 2.12. The summed E-state index contributed by atoms with van der Waals surface area (Å²) >= 11 is 0. The molecule has 0 aliphatic rings. The molecular weight excluding hydrogens is 247 g/mol. The van der Waals surface area contributed by atoms with Gasteiger partial charge >= 0.3 is 6.18 Å². The van der Waals surface area contributed by atoms with Crippen LogP contribution in [-0.4, -0.2) is 10.1 Å². The van der Waals surface area contributed by atoms with Gasteiger partial charge in [-0.25, -0.2) is 4.98 Å². The fraction of sp³-hybridized carbons (Fsp3) is 0.0833. The minimum Gasteiger partial charge on any atom is -0.508 e. The lowest BCUT2D eigenvalue weighted by Gasteiger charge is -2.08. The molecule has 0 saturated heterocycles. The Labute approximate surface area is 100 Å². The van der Waals surface area contributed by atoms with Crippen LogP contribution in [0.3, 0.4) is 0 Å². The maximum atomic E-state index is 12.4. The topological polar surface area (TPSA) is 42.4 Å². The van der Waals surface area contributed by atoms with Crippen molar-refractivity contribution in [3.05, 3.63) is 48.2 Å². The molecule has 1 N–H and O–H groups in total. The summed E-state index contributed by atoms with van der Waals surface area (Å²) in [6, 6.07) is 7.26. The Morgan fingerprint density at radius 2 is 1.72 bits per heavy atom. The fourth-order valence-corrected chi connectivity index (χ4v) is 1.28. The second kappa shape index (κ2) is 4.56. The minimum atomic E-state index is -4.43. The molecule has 0 unspecified atom stereocenters. The first-order valence-electron chi connectivity index (χ1n) is 4.95. The standard InChI is InChI=1S/C12H8F3NO2/c13-12(14,15)8-5-6-16-11(7-8)18-10-3-1-9(17)2-4-10/h1-7,17H. The summed E-state index contributed by atoms with van der Waals surface area (Å²) in [5.41, 5.74) is -0.828. The summed E-state index contributed by atoms with van der Waals surface area (Å²) in [4.78, 5) is 3.69. The van der Waals surface area contributed by atoms with Gasteiger partial charge in [0.15, 0.2) is 0 Å². The Balaban J connectivity index is 2.22. The van der Waals surface area contributed by atoms with Gasteiger partial charge in [-0.2, -0.15) is 13.2 Å². The number of halogens is 3. The van der Waals surface area contributed by atoms with E-state index in [-0.39, 0.29) is 11.6 Å². The van der Waals surface area contributed by atoms with Gasteiger partial charge in [0.25, 0.3) is 0 Å². The highest BCUT2D eigenvalue weighted by molar-refractivity contribution is 5.33. The number of rotatable bonds is 2. The molecule has 0 radical (unpaired) electrons. The van der Waals surface area contributed by atoms with E-state index < -0.39 is 11.7 Å². The zero-order valence-corrected chi connectivity index (χ0v) is 8.98. The number of phenolic OH excluding ortho intramolecular Hbond substituents is 1. The highest BCUT2D eigenvalue weighted by Crippen LogP contribution is 2.31. The third kappa shape index (κ3) is 2.91. The molecule has 3 nitrogen and oxygen atoms in total. The van der Waals surface area contributed by atoms with E-state index in [4.69, 9.17) is 9.84 Å². The van der Waals surface area contributed by atoms with Gasteiger partial charge < -0.3 is 9.84 Å². The maximum absolute atomic E-state index is 12.4. The first-order valence-corrected chi connectivity index (χ1v) is 4.95. The number of aromatic nitrogens is 1. The molecular formula is C12H8F3NO2. The van der Waals surface area contributed by atoms with E-state index in [1.807, 2.05) is 0 Å². The highest BCUT2D eigenvalue weighted by atomic mass is 19.4. The minimum absolute atomic E-state index is 0.0411. The average molecular weight is 255 g/mol. The summed E-state index contributed by atoms with van der Waals surface area (Å²) in [5, 5.41) is 9.05. The summed E-state index contributed by atoms with van der Waals surface area (Å²) in [6.07, 6.45) is -3.41. The molecule has 1 aromatic carbocycles. The first-order chi connectivity index (χ1) is 8.45. The van der Waals surface area contributed by atoms with Crippen molar-refractivity contribution < 1.29 is 23.0 Å². The molecule has 0 bridgehead atoms. The summed E-state index contributed by atoms with van der Waals surface area (Å²) in [6.45, 7) is 0. The van der Waals surface area contributed by atoms with Crippen LogP contribution < -0.4 is 4.74 Å². The van der Waals surface area contributed by atoms with Gasteiger partial charge in [0.2, 0.25) is 5.88 Å². The van der Waals surface area contributed by atoms with Gasteiger partial charge in [-0.15, -0.1) is 0 Å². The predicted molar refractivity (Wildman–Crippen MR) is 57.4 cm³/mol. The Hall–Kier alpha value is -2.24. The number of alkyl halides is 3. The number of phenols is 1. The molecule has 1 aromatic heterocycles. The summed E-state index contributed by atoms with van der Waals surface area (Å²) < 4.78 is 42.5. The van der Waals surface area contributed by atoms with Crippen LogP contribution in [0.15, 0.2) is 42.6 Å². The molecule has 0 aliphatic carbocycles. The fourth-order valence-electron chi connectivity index (χ4n) is 1.28. The van der Waals surface area contributed by atoms with Crippen molar-refractivity contribution in [2.75, 3.05) is 0 Å². The van der Waals surface area contributed by atoms with Gasteiger partial charge in [0, 0.05) is 12.3 Å². The van der Waals surface area contributed by atoms with Crippen molar-refractivity contribution in [3.63, 3.8) is 0 Å². The molecule has 0 spiro atoms. The number of aromatic hydroxyl groups is 1. The van der Waals surface area contributed by atoms with Crippen molar-refractivity contribution in [1.29, 1.82) is 0 Å². The molecule has 18 heavy (non-hydrogen) atoms. The van der Waals surface area contributed by atoms with Crippen LogP contribution in [0.2, 0.25) is 0 Å². The summed E-state index contributed by atoms with van der Waals surface area (Å²) in [5.74, 6) is 0.175. The Kier molecular flexibility index (Phi) is 3.10. The van der Waals surface area contributed by atoms with E-state index in [1.165, 1.54) is 24.3 Å². The molecule has 0 atom stereocenters. The largest absolute Gasteiger partial charge is 0.508 e. The van der Waals surface area contributed by atoms with Gasteiger partial charge in [-0.05, 0) is 30.3 Å². The molecule has 0 aliphatic heterocycles. The van der Waals surface area contributed by atoms with Crippen molar-refractivity contribution in [1.82, 2.24) is 4.98 Å². The number of hydrogen-bond donors (Lipinski definition) is 1. The maximum Gasteiger partial charge on any atom is 0.416 e.